The van der Waals surface area contributed by atoms with Gasteiger partial charge in [-0.25, -0.2) is 0 Å². The molecule has 1 aliphatic heterocycles. The zero-order valence-electron chi connectivity index (χ0n) is 14.8. The van der Waals surface area contributed by atoms with Crippen molar-refractivity contribution in [3.05, 3.63) is 5.01 Å². The first kappa shape index (κ1) is 18.8. The van der Waals surface area contributed by atoms with Crippen LogP contribution in [0.4, 0.5) is 5.13 Å². The molecular weight excluding hydrogens is 328 g/mol. The Kier molecular flexibility index (Phi) is 6.28. The third-order valence-electron chi connectivity index (χ3n) is 3.92. The predicted octanol–water partition coefficient (Wildman–Crippen LogP) is 2.30. The van der Waals surface area contributed by atoms with Gasteiger partial charge in [-0.2, -0.15) is 0 Å². The Labute approximate surface area is 146 Å². The summed E-state index contributed by atoms with van der Waals surface area (Å²) in [5.41, 5.74) is -0.376. The largest absolute Gasteiger partial charge is 0.374 e. The summed E-state index contributed by atoms with van der Waals surface area (Å²) in [5, 5.41) is 12.0. The normalized spacial score (nSPS) is 16.2. The van der Waals surface area contributed by atoms with E-state index < -0.39 is 0 Å². The highest BCUT2D eigenvalue weighted by atomic mass is 32.1. The van der Waals surface area contributed by atoms with Gasteiger partial charge in [-0.1, -0.05) is 32.1 Å². The molecule has 2 heterocycles. The van der Waals surface area contributed by atoms with Crippen molar-refractivity contribution in [2.45, 2.75) is 47.1 Å². The van der Waals surface area contributed by atoms with Gasteiger partial charge in [0, 0.05) is 31.0 Å². The highest BCUT2D eigenvalue weighted by molar-refractivity contribution is 7.15. The van der Waals surface area contributed by atoms with Crippen molar-refractivity contribution in [3.8, 4) is 0 Å². The molecule has 1 aromatic heterocycles. The highest BCUT2D eigenvalue weighted by Crippen LogP contribution is 2.25. The van der Waals surface area contributed by atoms with Crippen molar-refractivity contribution in [1.29, 1.82) is 0 Å². The molecule has 0 radical (unpaired) electrons. The van der Waals surface area contributed by atoms with Gasteiger partial charge in [0.15, 0.2) is 0 Å². The average molecular weight is 354 g/mol. The zero-order valence-corrected chi connectivity index (χ0v) is 15.6. The zero-order chi connectivity index (χ0) is 17.7. The number of ether oxygens (including phenoxy) is 1. The lowest BCUT2D eigenvalue weighted by Crippen LogP contribution is -2.45. The summed E-state index contributed by atoms with van der Waals surface area (Å²) in [4.78, 5) is 26.5. The second kappa shape index (κ2) is 8.02. The molecule has 0 spiro atoms. The SMILES string of the molecule is CCOCc1nnc(NC(=O)C2CCN(C(=O)C(C)(C)C)CC2)s1. The van der Waals surface area contributed by atoms with Gasteiger partial charge < -0.3 is 15.0 Å². The van der Waals surface area contributed by atoms with E-state index in [-0.39, 0.29) is 23.1 Å². The fourth-order valence-electron chi connectivity index (χ4n) is 2.58. The van der Waals surface area contributed by atoms with Crippen molar-refractivity contribution in [2.24, 2.45) is 11.3 Å². The molecule has 0 atom stereocenters. The number of anilines is 1. The number of carbonyl (C=O) groups excluding carboxylic acids is 2. The molecule has 1 aliphatic rings. The first-order chi connectivity index (χ1) is 11.3. The van der Waals surface area contributed by atoms with E-state index in [4.69, 9.17) is 4.74 Å². The fourth-order valence-corrected chi connectivity index (χ4v) is 3.26. The molecule has 1 aromatic rings. The number of nitrogens with zero attached hydrogens (tertiary/aromatic N) is 3. The summed E-state index contributed by atoms with van der Waals surface area (Å²) in [5.74, 6) is 0.0104. The van der Waals surface area contributed by atoms with Crippen LogP contribution in [0.1, 0.15) is 45.5 Å². The maximum atomic E-state index is 12.4. The van der Waals surface area contributed by atoms with Crippen LogP contribution in [0, 0.1) is 11.3 Å². The smallest absolute Gasteiger partial charge is 0.229 e. The van der Waals surface area contributed by atoms with E-state index in [2.05, 4.69) is 15.5 Å². The van der Waals surface area contributed by atoms with Crippen molar-refractivity contribution in [2.75, 3.05) is 25.0 Å². The number of amides is 2. The molecule has 1 N–H and O–H groups in total. The van der Waals surface area contributed by atoms with Crippen molar-refractivity contribution in [1.82, 2.24) is 15.1 Å². The molecule has 0 saturated carbocycles. The average Bonchev–Trinajstić information content (AvgIpc) is 2.98. The molecule has 2 amide bonds. The number of piperidine rings is 1. The molecule has 2 rings (SSSR count). The first-order valence-electron chi connectivity index (χ1n) is 8.31. The second-order valence-electron chi connectivity index (χ2n) is 6.94. The molecule has 0 aliphatic carbocycles. The van der Waals surface area contributed by atoms with Crippen LogP contribution in [-0.2, 0) is 20.9 Å². The molecule has 134 valence electrons. The molecule has 1 saturated heterocycles. The van der Waals surface area contributed by atoms with Gasteiger partial charge >= 0.3 is 0 Å². The van der Waals surface area contributed by atoms with Gasteiger partial charge in [-0.15, -0.1) is 10.2 Å². The van der Waals surface area contributed by atoms with Gasteiger partial charge in [0.25, 0.3) is 0 Å². The van der Waals surface area contributed by atoms with Crippen molar-refractivity contribution < 1.29 is 14.3 Å². The minimum absolute atomic E-state index is 0.0445. The third kappa shape index (κ3) is 4.98. The molecule has 0 bridgehead atoms. The van der Waals surface area contributed by atoms with Gasteiger partial charge in [-0.05, 0) is 19.8 Å². The van der Waals surface area contributed by atoms with Gasteiger partial charge in [0.05, 0.1) is 0 Å². The van der Waals surface area contributed by atoms with Crippen LogP contribution in [0.2, 0.25) is 0 Å². The monoisotopic (exact) mass is 354 g/mol. The number of rotatable bonds is 5. The Hall–Kier alpha value is -1.54. The van der Waals surface area contributed by atoms with Gasteiger partial charge in [0.2, 0.25) is 16.9 Å². The lowest BCUT2D eigenvalue weighted by atomic mass is 9.91. The Balaban J connectivity index is 1.82. The summed E-state index contributed by atoms with van der Waals surface area (Å²) in [7, 11) is 0. The molecule has 0 aromatic carbocycles. The van der Waals surface area contributed by atoms with Crippen LogP contribution >= 0.6 is 11.3 Å². The Bertz CT molecular complexity index is 574. The van der Waals surface area contributed by atoms with E-state index in [1.165, 1.54) is 11.3 Å². The van der Waals surface area contributed by atoms with Gasteiger partial charge in [0.1, 0.15) is 11.6 Å². The van der Waals surface area contributed by atoms with Crippen molar-refractivity contribution in [3.63, 3.8) is 0 Å². The minimum Gasteiger partial charge on any atom is -0.374 e. The number of nitrogens with one attached hydrogen (secondary N) is 1. The number of likely N-dealkylation sites (tertiary alicyclic amines) is 1. The third-order valence-corrected chi connectivity index (χ3v) is 4.73. The Morgan fingerprint density at radius 1 is 1.29 bits per heavy atom. The van der Waals surface area contributed by atoms with E-state index in [0.29, 0.717) is 44.3 Å². The number of hydrogen-bond acceptors (Lipinski definition) is 6. The Morgan fingerprint density at radius 2 is 1.96 bits per heavy atom. The van der Waals surface area contributed by atoms with E-state index in [1.54, 1.807) is 0 Å². The first-order valence-corrected chi connectivity index (χ1v) is 9.13. The molecule has 7 nitrogen and oxygen atoms in total. The summed E-state index contributed by atoms with van der Waals surface area (Å²) in [6, 6.07) is 0. The van der Waals surface area contributed by atoms with E-state index >= 15 is 0 Å². The molecule has 0 unspecified atom stereocenters. The maximum absolute atomic E-state index is 12.4. The maximum Gasteiger partial charge on any atom is 0.229 e. The van der Waals surface area contributed by atoms with E-state index in [1.807, 2.05) is 32.6 Å². The molecule has 1 fully saturated rings. The van der Waals surface area contributed by atoms with E-state index in [0.717, 1.165) is 5.01 Å². The summed E-state index contributed by atoms with van der Waals surface area (Å²) in [6.45, 7) is 9.96. The lowest BCUT2D eigenvalue weighted by molar-refractivity contribution is -0.142. The van der Waals surface area contributed by atoms with Crippen LogP contribution in [0.25, 0.3) is 0 Å². The fraction of sp³-hybridized carbons (Fsp3) is 0.750. The standard InChI is InChI=1S/C16H26N4O3S/c1-5-23-10-12-18-19-15(24-12)17-13(21)11-6-8-20(9-7-11)14(22)16(2,3)4/h11H,5-10H2,1-4H3,(H,17,19,21). The summed E-state index contributed by atoms with van der Waals surface area (Å²) < 4.78 is 5.27. The van der Waals surface area contributed by atoms with Gasteiger partial charge in [-0.3, -0.25) is 9.59 Å². The molecule has 8 heteroatoms. The topological polar surface area (TPSA) is 84.4 Å². The second-order valence-corrected chi connectivity index (χ2v) is 8.01. The predicted molar refractivity (Wildman–Crippen MR) is 92.6 cm³/mol. The van der Waals surface area contributed by atoms with Crippen LogP contribution in [0.5, 0.6) is 0 Å². The summed E-state index contributed by atoms with van der Waals surface area (Å²) in [6.07, 6.45) is 1.36. The number of aromatic nitrogens is 2. The van der Waals surface area contributed by atoms with Crippen LogP contribution in [-0.4, -0.2) is 46.6 Å². The molecule has 24 heavy (non-hydrogen) atoms. The summed E-state index contributed by atoms with van der Waals surface area (Å²) >= 11 is 1.33. The van der Waals surface area contributed by atoms with Crippen LogP contribution < -0.4 is 5.32 Å². The minimum atomic E-state index is -0.376. The number of carbonyl (C=O) groups is 2. The Morgan fingerprint density at radius 3 is 2.54 bits per heavy atom. The lowest BCUT2D eigenvalue weighted by Gasteiger charge is -2.35. The molecular formula is C16H26N4O3S. The number of hydrogen-bond donors (Lipinski definition) is 1. The van der Waals surface area contributed by atoms with E-state index in [9.17, 15) is 9.59 Å². The van der Waals surface area contributed by atoms with Crippen molar-refractivity contribution >= 4 is 28.3 Å². The highest BCUT2D eigenvalue weighted by Gasteiger charge is 2.32. The quantitative estimate of drug-likeness (QED) is 0.877. The van der Waals surface area contributed by atoms with Crippen LogP contribution in [0.15, 0.2) is 0 Å². The van der Waals surface area contributed by atoms with Crippen LogP contribution in [0.3, 0.4) is 0 Å².